The number of carbonyl (C=O) groups excluding carboxylic acids is 1. The maximum absolute atomic E-state index is 12.2. The number of aromatic hydroxyl groups is 1. The second kappa shape index (κ2) is 6.14. The highest BCUT2D eigenvalue weighted by Crippen LogP contribution is 2.29. The van der Waals surface area contributed by atoms with E-state index >= 15 is 0 Å². The molecule has 1 heterocycles. The molecule has 0 aliphatic heterocycles. The summed E-state index contributed by atoms with van der Waals surface area (Å²) in [6, 6.07) is 7.73. The zero-order valence-electron chi connectivity index (χ0n) is 12.1. The molecule has 0 aliphatic rings. The molecule has 0 fully saturated rings. The number of nitrogens with zero attached hydrogens (tertiary/aromatic N) is 1. The van der Waals surface area contributed by atoms with E-state index in [9.17, 15) is 20.0 Å². The minimum atomic E-state index is -0.615. The summed E-state index contributed by atoms with van der Waals surface area (Å²) in [5, 5.41) is 18.6. The van der Waals surface area contributed by atoms with Crippen molar-refractivity contribution < 1.29 is 14.6 Å². The number of aryl methyl sites for hydroxylation is 1. The van der Waals surface area contributed by atoms with Gasteiger partial charge in [0, 0.05) is 11.3 Å². The Labute approximate surface area is 126 Å². The minimum absolute atomic E-state index is 0.0431. The van der Waals surface area contributed by atoms with Crippen LogP contribution in [-0.4, -0.2) is 22.7 Å². The molecule has 6 heteroatoms. The number of benzene rings is 1. The lowest BCUT2D eigenvalue weighted by Crippen LogP contribution is -2.20. The van der Waals surface area contributed by atoms with Crippen LogP contribution in [-0.2, 0) is 4.74 Å². The number of phenolic OH excluding ortho intramolecular Hbond substituents is 1. The predicted molar refractivity (Wildman–Crippen MR) is 79.6 cm³/mol. The van der Waals surface area contributed by atoms with Gasteiger partial charge in [-0.3, -0.25) is 4.79 Å². The summed E-state index contributed by atoms with van der Waals surface area (Å²) in [6.45, 7) is 3.41. The number of H-pyrrole nitrogens is 1. The molecule has 1 aromatic heterocycles. The number of hydrogen-bond donors (Lipinski definition) is 2. The molecule has 22 heavy (non-hydrogen) atoms. The van der Waals surface area contributed by atoms with E-state index in [0.717, 1.165) is 0 Å². The second-order valence-electron chi connectivity index (χ2n) is 4.58. The smallest absolute Gasteiger partial charge is 0.340 e. The van der Waals surface area contributed by atoms with Crippen LogP contribution in [0, 0.1) is 18.3 Å². The zero-order valence-corrected chi connectivity index (χ0v) is 12.1. The number of rotatable bonds is 3. The third-order valence-electron chi connectivity index (χ3n) is 3.15. The lowest BCUT2D eigenvalue weighted by atomic mass is 9.95. The number of esters is 1. The molecule has 0 atom stereocenters. The van der Waals surface area contributed by atoms with Crippen molar-refractivity contribution >= 4 is 5.97 Å². The Morgan fingerprint density at radius 2 is 2.00 bits per heavy atom. The molecule has 0 aliphatic carbocycles. The van der Waals surface area contributed by atoms with E-state index in [0.29, 0.717) is 11.3 Å². The molecule has 0 bridgehead atoms. The molecular weight excluding hydrogens is 284 g/mol. The maximum atomic E-state index is 12.2. The highest BCUT2D eigenvalue weighted by Gasteiger charge is 2.23. The fraction of sp³-hybridized carbons (Fsp3) is 0.188. The number of ether oxygens (including phenoxy) is 1. The van der Waals surface area contributed by atoms with Crippen molar-refractivity contribution in [2.45, 2.75) is 13.8 Å². The molecule has 6 nitrogen and oxygen atoms in total. The van der Waals surface area contributed by atoms with Crippen molar-refractivity contribution in [3.05, 3.63) is 51.4 Å². The highest BCUT2D eigenvalue weighted by atomic mass is 16.5. The Balaban J connectivity index is 2.83. The molecule has 2 rings (SSSR count). The standard InChI is InChI=1S/C16H14N2O4/c1-3-22-16(21)13-9(2)18-15(20)12(8-17)14(13)10-4-6-11(19)7-5-10/h4-7,19H,3H2,1-2H3,(H,18,20). The Morgan fingerprint density at radius 3 is 2.55 bits per heavy atom. The molecule has 2 N–H and O–H groups in total. The average Bonchev–Trinajstić information content (AvgIpc) is 2.47. The Kier molecular flexibility index (Phi) is 4.28. The first kappa shape index (κ1) is 15.3. The number of hydrogen-bond acceptors (Lipinski definition) is 5. The predicted octanol–water partition coefficient (Wildman–Crippen LogP) is 2.10. The van der Waals surface area contributed by atoms with E-state index in [1.54, 1.807) is 13.8 Å². The van der Waals surface area contributed by atoms with E-state index in [-0.39, 0.29) is 29.0 Å². The molecule has 0 saturated heterocycles. The van der Waals surface area contributed by atoms with Crippen LogP contribution in [0.4, 0.5) is 0 Å². The van der Waals surface area contributed by atoms with Gasteiger partial charge in [0.05, 0.1) is 12.2 Å². The number of phenols is 1. The third-order valence-corrected chi connectivity index (χ3v) is 3.15. The number of aromatic nitrogens is 1. The second-order valence-corrected chi connectivity index (χ2v) is 4.58. The van der Waals surface area contributed by atoms with Gasteiger partial charge in [-0.25, -0.2) is 4.79 Å². The minimum Gasteiger partial charge on any atom is -0.508 e. The quantitative estimate of drug-likeness (QED) is 0.845. The summed E-state index contributed by atoms with van der Waals surface area (Å²) in [5.41, 5.74) is 0.415. The Hall–Kier alpha value is -3.07. The van der Waals surface area contributed by atoms with Gasteiger partial charge >= 0.3 is 5.97 Å². The number of nitriles is 1. The first-order valence-corrected chi connectivity index (χ1v) is 6.63. The van der Waals surface area contributed by atoms with Crippen molar-refractivity contribution in [2.24, 2.45) is 0 Å². The first-order chi connectivity index (χ1) is 10.5. The molecule has 0 amide bonds. The van der Waals surface area contributed by atoms with Gasteiger partial charge in [-0.1, -0.05) is 12.1 Å². The summed E-state index contributed by atoms with van der Waals surface area (Å²) in [4.78, 5) is 26.7. The number of nitrogens with one attached hydrogen (secondary N) is 1. The molecule has 0 spiro atoms. The van der Waals surface area contributed by atoms with E-state index in [1.165, 1.54) is 24.3 Å². The van der Waals surface area contributed by atoms with Crippen LogP contribution in [0.5, 0.6) is 5.75 Å². The summed E-state index contributed by atoms with van der Waals surface area (Å²) < 4.78 is 5.01. The Morgan fingerprint density at radius 1 is 1.36 bits per heavy atom. The third kappa shape index (κ3) is 2.69. The van der Waals surface area contributed by atoms with Crippen molar-refractivity contribution in [3.8, 4) is 22.9 Å². The maximum Gasteiger partial charge on any atom is 0.340 e. The van der Waals surface area contributed by atoms with Gasteiger partial charge < -0.3 is 14.8 Å². The summed E-state index contributed by atoms with van der Waals surface area (Å²) in [7, 11) is 0. The molecule has 0 saturated carbocycles. The summed E-state index contributed by atoms with van der Waals surface area (Å²) in [6.07, 6.45) is 0. The molecule has 2 aromatic rings. The van der Waals surface area contributed by atoms with E-state index in [1.807, 2.05) is 6.07 Å². The lowest BCUT2D eigenvalue weighted by molar-refractivity contribution is 0.0526. The van der Waals surface area contributed by atoms with E-state index in [2.05, 4.69) is 4.98 Å². The van der Waals surface area contributed by atoms with Gasteiger partial charge in [-0.05, 0) is 31.5 Å². The molecule has 0 radical (unpaired) electrons. The normalized spacial score (nSPS) is 10.0. The molecule has 1 aromatic carbocycles. The first-order valence-electron chi connectivity index (χ1n) is 6.63. The van der Waals surface area contributed by atoms with Gasteiger partial charge in [0.2, 0.25) is 0 Å². The molecule has 112 valence electrons. The van der Waals surface area contributed by atoms with Crippen molar-refractivity contribution in [1.29, 1.82) is 5.26 Å². The Bertz CT molecular complexity index is 814. The van der Waals surface area contributed by atoms with Crippen LogP contribution < -0.4 is 5.56 Å². The van der Waals surface area contributed by atoms with E-state index < -0.39 is 11.5 Å². The van der Waals surface area contributed by atoms with E-state index in [4.69, 9.17) is 4.74 Å². The highest BCUT2D eigenvalue weighted by molar-refractivity contribution is 5.99. The summed E-state index contributed by atoms with van der Waals surface area (Å²) in [5.74, 6) is -0.572. The molecular formula is C16H14N2O4. The van der Waals surface area contributed by atoms with Gasteiger partial charge in [0.25, 0.3) is 5.56 Å². The SMILES string of the molecule is CCOC(=O)c1c(C)[nH]c(=O)c(C#N)c1-c1ccc(O)cc1. The summed E-state index contributed by atoms with van der Waals surface area (Å²) >= 11 is 0. The average molecular weight is 298 g/mol. The van der Waals surface area contributed by atoms with Crippen LogP contribution in [0.2, 0.25) is 0 Å². The van der Waals surface area contributed by atoms with Crippen LogP contribution in [0.25, 0.3) is 11.1 Å². The van der Waals surface area contributed by atoms with Crippen molar-refractivity contribution in [3.63, 3.8) is 0 Å². The topological polar surface area (TPSA) is 103 Å². The number of pyridine rings is 1. The van der Waals surface area contributed by atoms with Gasteiger partial charge in [0.1, 0.15) is 17.4 Å². The van der Waals surface area contributed by atoms with Crippen molar-refractivity contribution in [1.82, 2.24) is 4.98 Å². The van der Waals surface area contributed by atoms with Crippen LogP contribution in [0.15, 0.2) is 29.1 Å². The zero-order chi connectivity index (χ0) is 16.3. The van der Waals surface area contributed by atoms with Gasteiger partial charge in [-0.15, -0.1) is 0 Å². The number of aromatic amines is 1. The lowest BCUT2D eigenvalue weighted by Gasteiger charge is -2.13. The van der Waals surface area contributed by atoms with Gasteiger partial charge in [0.15, 0.2) is 0 Å². The van der Waals surface area contributed by atoms with Crippen LogP contribution in [0.1, 0.15) is 28.5 Å². The fourth-order valence-electron chi connectivity index (χ4n) is 2.20. The fourth-order valence-corrected chi connectivity index (χ4v) is 2.20. The molecule has 0 unspecified atom stereocenters. The largest absolute Gasteiger partial charge is 0.508 e. The van der Waals surface area contributed by atoms with Crippen LogP contribution in [0.3, 0.4) is 0 Å². The van der Waals surface area contributed by atoms with Crippen LogP contribution >= 0.6 is 0 Å². The van der Waals surface area contributed by atoms with Crippen molar-refractivity contribution in [2.75, 3.05) is 6.61 Å². The van der Waals surface area contributed by atoms with Gasteiger partial charge in [-0.2, -0.15) is 5.26 Å². The monoisotopic (exact) mass is 298 g/mol. The number of carbonyl (C=O) groups is 1.